The highest BCUT2D eigenvalue weighted by molar-refractivity contribution is 5.78. The second-order valence-corrected chi connectivity index (χ2v) is 3.70. The highest BCUT2D eigenvalue weighted by Crippen LogP contribution is 2.20. The minimum atomic E-state index is -2.50. The Bertz CT molecular complexity index is 542. The van der Waals surface area contributed by atoms with E-state index in [1.165, 1.54) is 16.7 Å². The number of anilines is 1. The molecule has 0 unspecified atom stereocenters. The predicted octanol–water partition coefficient (Wildman–Crippen LogP) is 2.04. The molecule has 0 amide bonds. The van der Waals surface area contributed by atoms with Gasteiger partial charge in [0.25, 0.3) is 6.43 Å². The summed E-state index contributed by atoms with van der Waals surface area (Å²) in [6, 6.07) is 4.48. The Morgan fingerprint density at radius 2 is 2.17 bits per heavy atom. The zero-order valence-corrected chi connectivity index (χ0v) is 9.44. The fraction of sp³-hybridized carbons (Fsp3) is 0.364. The largest absolute Gasteiger partial charge is 0.374 e. The highest BCUT2D eigenvalue weighted by atomic mass is 19.3. The molecule has 0 saturated heterocycles. The molecule has 1 heterocycles. The van der Waals surface area contributed by atoms with E-state index in [1.807, 2.05) is 0 Å². The molecule has 0 aliphatic rings. The summed E-state index contributed by atoms with van der Waals surface area (Å²) in [6.45, 7) is -0.310. The maximum Gasteiger partial charge on any atom is 0.261 e. The second kappa shape index (κ2) is 5.26. The quantitative estimate of drug-likeness (QED) is 0.836. The number of imidazole rings is 1. The minimum Gasteiger partial charge on any atom is -0.374 e. The van der Waals surface area contributed by atoms with E-state index < -0.39 is 18.8 Å². The Labute approximate surface area is 101 Å². The first-order valence-corrected chi connectivity index (χ1v) is 5.35. The van der Waals surface area contributed by atoms with E-state index in [9.17, 15) is 13.2 Å². The van der Waals surface area contributed by atoms with Crippen molar-refractivity contribution in [1.29, 1.82) is 0 Å². The third-order valence-electron chi connectivity index (χ3n) is 2.46. The monoisotopic (exact) mass is 259 g/mol. The maximum atomic E-state index is 13.4. The summed E-state index contributed by atoms with van der Waals surface area (Å²) in [5, 5.41) is 0. The van der Waals surface area contributed by atoms with Crippen LogP contribution in [0.25, 0.3) is 11.0 Å². The predicted molar refractivity (Wildman–Crippen MR) is 60.9 cm³/mol. The van der Waals surface area contributed by atoms with Gasteiger partial charge in [0.15, 0.2) is 5.82 Å². The van der Waals surface area contributed by atoms with Crippen LogP contribution in [0.2, 0.25) is 0 Å². The number of fused-ring (bicyclic) bond motifs is 1. The molecule has 0 aliphatic heterocycles. The topological polar surface area (TPSA) is 53.1 Å². The summed E-state index contributed by atoms with van der Waals surface area (Å²) in [5.74, 6) is -0.331. The maximum absolute atomic E-state index is 13.4. The molecule has 0 spiro atoms. The average molecular weight is 259 g/mol. The molecule has 0 radical (unpaired) electrons. The van der Waals surface area contributed by atoms with Crippen LogP contribution in [0.1, 0.15) is 0 Å². The number of ether oxygens (including phenoxy) is 1. The zero-order valence-electron chi connectivity index (χ0n) is 9.44. The van der Waals surface area contributed by atoms with Gasteiger partial charge in [0, 0.05) is 6.54 Å². The molecule has 0 aliphatic carbocycles. The van der Waals surface area contributed by atoms with E-state index >= 15 is 0 Å². The lowest BCUT2D eigenvalue weighted by Crippen LogP contribution is -2.12. The molecule has 0 atom stereocenters. The molecule has 4 nitrogen and oxygen atoms in total. The van der Waals surface area contributed by atoms with Crippen LogP contribution in [0, 0.1) is 5.82 Å². The molecule has 18 heavy (non-hydrogen) atoms. The number of nitrogens with zero attached hydrogens (tertiary/aromatic N) is 2. The van der Waals surface area contributed by atoms with E-state index in [2.05, 4.69) is 4.98 Å². The lowest BCUT2D eigenvalue weighted by atomic mass is 10.3. The summed E-state index contributed by atoms with van der Waals surface area (Å²) >= 11 is 0. The third-order valence-corrected chi connectivity index (χ3v) is 2.46. The average Bonchev–Trinajstić information content (AvgIpc) is 2.63. The van der Waals surface area contributed by atoms with Crippen LogP contribution in [0.4, 0.5) is 19.1 Å². The standard InChI is InChI=1S/C11H12F3N3O/c12-7-2-1-3-8-10(7)16-11(15)17(8)4-5-18-6-9(13)14/h1-3,9H,4-6H2,(H2,15,16). The van der Waals surface area contributed by atoms with Gasteiger partial charge in [0.1, 0.15) is 12.1 Å². The van der Waals surface area contributed by atoms with Crippen molar-refractivity contribution in [3.8, 4) is 0 Å². The van der Waals surface area contributed by atoms with Crippen LogP contribution in [0.15, 0.2) is 18.2 Å². The molecule has 98 valence electrons. The van der Waals surface area contributed by atoms with Crippen LogP contribution in [0.3, 0.4) is 0 Å². The van der Waals surface area contributed by atoms with Gasteiger partial charge in [-0.15, -0.1) is 0 Å². The van der Waals surface area contributed by atoms with Crippen molar-refractivity contribution in [3.05, 3.63) is 24.0 Å². The lowest BCUT2D eigenvalue weighted by Gasteiger charge is -2.07. The fourth-order valence-electron chi connectivity index (χ4n) is 1.69. The molecule has 2 N–H and O–H groups in total. The van der Waals surface area contributed by atoms with E-state index in [-0.39, 0.29) is 24.6 Å². The van der Waals surface area contributed by atoms with Crippen molar-refractivity contribution in [2.45, 2.75) is 13.0 Å². The van der Waals surface area contributed by atoms with Crippen molar-refractivity contribution in [2.75, 3.05) is 18.9 Å². The summed E-state index contributed by atoms with van der Waals surface area (Å²) in [4.78, 5) is 3.89. The highest BCUT2D eigenvalue weighted by Gasteiger charge is 2.11. The molecule has 2 aromatic rings. The van der Waals surface area contributed by atoms with Gasteiger partial charge in [-0.2, -0.15) is 0 Å². The number of hydrogen-bond acceptors (Lipinski definition) is 3. The molecule has 0 bridgehead atoms. The molecule has 2 rings (SSSR count). The zero-order chi connectivity index (χ0) is 13.1. The van der Waals surface area contributed by atoms with Gasteiger partial charge >= 0.3 is 0 Å². The molecule has 1 aromatic carbocycles. The number of benzene rings is 1. The Morgan fingerprint density at radius 1 is 1.39 bits per heavy atom. The summed E-state index contributed by atoms with van der Waals surface area (Å²) in [5.41, 5.74) is 6.34. The van der Waals surface area contributed by atoms with Crippen molar-refractivity contribution >= 4 is 17.0 Å². The molecular weight excluding hydrogens is 247 g/mol. The van der Waals surface area contributed by atoms with Crippen LogP contribution < -0.4 is 5.73 Å². The molecule has 0 saturated carbocycles. The minimum absolute atomic E-state index is 0.0660. The first-order chi connectivity index (χ1) is 8.59. The number of aromatic nitrogens is 2. The first kappa shape index (κ1) is 12.7. The van der Waals surface area contributed by atoms with Crippen LogP contribution in [0.5, 0.6) is 0 Å². The number of alkyl halides is 2. The van der Waals surface area contributed by atoms with Crippen LogP contribution in [-0.4, -0.2) is 29.2 Å². The number of para-hydroxylation sites is 1. The van der Waals surface area contributed by atoms with E-state index in [4.69, 9.17) is 10.5 Å². The SMILES string of the molecule is Nc1nc2c(F)cccc2n1CCOCC(F)F. The van der Waals surface area contributed by atoms with E-state index in [1.54, 1.807) is 6.07 Å². The van der Waals surface area contributed by atoms with Gasteiger partial charge in [-0.1, -0.05) is 6.07 Å². The molecular formula is C11H12F3N3O. The first-order valence-electron chi connectivity index (χ1n) is 5.35. The van der Waals surface area contributed by atoms with E-state index in [0.29, 0.717) is 5.52 Å². The number of nitrogens with two attached hydrogens (primary N) is 1. The van der Waals surface area contributed by atoms with Crippen LogP contribution in [-0.2, 0) is 11.3 Å². The van der Waals surface area contributed by atoms with Crippen molar-refractivity contribution in [1.82, 2.24) is 9.55 Å². The van der Waals surface area contributed by atoms with Gasteiger partial charge in [0.2, 0.25) is 5.95 Å². The summed E-state index contributed by atoms with van der Waals surface area (Å²) < 4.78 is 43.4. The number of nitrogen functional groups attached to an aromatic ring is 1. The Hall–Kier alpha value is -1.76. The number of halogens is 3. The normalized spacial score (nSPS) is 11.6. The number of hydrogen-bond donors (Lipinski definition) is 1. The van der Waals surface area contributed by atoms with Gasteiger partial charge in [0.05, 0.1) is 12.1 Å². The molecule has 1 aromatic heterocycles. The fourth-order valence-corrected chi connectivity index (χ4v) is 1.69. The Balaban J connectivity index is 2.13. The third kappa shape index (κ3) is 2.56. The summed E-state index contributed by atoms with van der Waals surface area (Å²) in [6.07, 6.45) is -2.50. The van der Waals surface area contributed by atoms with Gasteiger partial charge in [-0.05, 0) is 12.1 Å². The number of rotatable bonds is 5. The molecule has 0 fully saturated rings. The van der Waals surface area contributed by atoms with Gasteiger partial charge in [-0.3, -0.25) is 0 Å². The van der Waals surface area contributed by atoms with E-state index in [0.717, 1.165) is 0 Å². The smallest absolute Gasteiger partial charge is 0.261 e. The van der Waals surface area contributed by atoms with Gasteiger partial charge < -0.3 is 15.0 Å². The second-order valence-electron chi connectivity index (χ2n) is 3.70. The molecule has 7 heteroatoms. The lowest BCUT2D eigenvalue weighted by molar-refractivity contribution is 0.0151. The van der Waals surface area contributed by atoms with Crippen molar-refractivity contribution < 1.29 is 17.9 Å². The van der Waals surface area contributed by atoms with Crippen molar-refractivity contribution in [3.63, 3.8) is 0 Å². The summed E-state index contributed by atoms with van der Waals surface area (Å²) in [7, 11) is 0. The van der Waals surface area contributed by atoms with Gasteiger partial charge in [-0.25, -0.2) is 18.2 Å². The van der Waals surface area contributed by atoms with Crippen molar-refractivity contribution in [2.24, 2.45) is 0 Å². The van der Waals surface area contributed by atoms with Crippen LogP contribution >= 0.6 is 0 Å². The Kier molecular flexibility index (Phi) is 3.71. The Morgan fingerprint density at radius 3 is 2.89 bits per heavy atom.